The summed E-state index contributed by atoms with van der Waals surface area (Å²) in [5.41, 5.74) is -0.925. The topological polar surface area (TPSA) is 47.3 Å². The van der Waals surface area contributed by atoms with Gasteiger partial charge in [0, 0.05) is 25.2 Å². The molecule has 0 bridgehead atoms. The molecule has 0 aliphatic carbocycles. The first kappa shape index (κ1) is 13.0. The van der Waals surface area contributed by atoms with E-state index in [0.29, 0.717) is 13.1 Å². The van der Waals surface area contributed by atoms with Crippen molar-refractivity contribution in [2.45, 2.75) is 33.2 Å². The van der Waals surface area contributed by atoms with E-state index in [0.717, 1.165) is 6.54 Å². The lowest BCUT2D eigenvalue weighted by Gasteiger charge is -2.46. The number of piperazine rings is 1. The number of carbonyl (C=O) groups is 1. The van der Waals surface area contributed by atoms with E-state index in [1.54, 1.807) is 13.8 Å². The lowest BCUT2D eigenvalue weighted by atomic mass is 9.91. The highest BCUT2D eigenvalue weighted by atomic mass is 16.2. The normalized spacial score (nSPS) is 21.6. The van der Waals surface area contributed by atoms with Gasteiger partial charge in [-0.05, 0) is 34.7 Å². The van der Waals surface area contributed by atoms with Crippen molar-refractivity contribution in [2.24, 2.45) is 5.41 Å². The number of rotatable bonds is 1. The maximum absolute atomic E-state index is 12.1. The van der Waals surface area contributed by atoms with Crippen molar-refractivity contribution >= 4 is 5.91 Å². The molecule has 4 nitrogen and oxygen atoms in total. The zero-order valence-corrected chi connectivity index (χ0v) is 10.9. The molecular weight excluding hydrogens is 202 g/mol. The number of hydrogen-bond acceptors (Lipinski definition) is 3. The summed E-state index contributed by atoms with van der Waals surface area (Å²) in [5, 5.41) is 8.97. The maximum atomic E-state index is 12.1. The molecule has 90 valence electrons. The second-order valence-electron chi connectivity index (χ2n) is 5.70. The molecule has 0 unspecified atom stereocenters. The zero-order chi connectivity index (χ0) is 12.6. The Morgan fingerprint density at radius 3 is 2.38 bits per heavy atom. The molecule has 1 fully saturated rings. The Morgan fingerprint density at radius 1 is 1.38 bits per heavy atom. The average Bonchev–Trinajstić information content (AvgIpc) is 2.21. The smallest absolute Gasteiger partial charge is 0.242 e. The lowest BCUT2D eigenvalue weighted by Crippen LogP contribution is -2.60. The highest BCUT2D eigenvalue weighted by molar-refractivity contribution is 5.84. The minimum atomic E-state index is -0.911. The Morgan fingerprint density at radius 2 is 1.94 bits per heavy atom. The molecule has 1 aliphatic heterocycles. The van der Waals surface area contributed by atoms with Crippen LogP contribution in [0.3, 0.4) is 0 Å². The molecule has 1 amide bonds. The van der Waals surface area contributed by atoms with Crippen LogP contribution in [0.15, 0.2) is 0 Å². The van der Waals surface area contributed by atoms with E-state index in [2.05, 4.69) is 31.9 Å². The summed E-state index contributed by atoms with van der Waals surface area (Å²) in [7, 11) is 2.07. The van der Waals surface area contributed by atoms with Crippen molar-refractivity contribution < 1.29 is 4.79 Å². The Bertz CT molecular complexity index is 328. The van der Waals surface area contributed by atoms with Crippen LogP contribution in [0.4, 0.5) is 0 Å². The van der Waals surface area contributed by atoms with Crippen molar-refractivity contribution in [3.8, 4) is 6.07 Å². The van der Waals surface area contributed by atoms with Crippen LogP contribution in [0.5, 0.6) is 0 Å². The van der Waals surface area contributed by atoms with E-state index in [1.807, 2.05) is 4.90 Å². The van der Waals surface area contributed by atoms with E-state index >= 15 is 0 Å². The maximum Gasteiger partial charge on any atom is 0.242 e. The molecule has 1 heterocycles. The van der Waals surface area contributed by atoms with Gasteiger partial charge in [-0.15, -0.1) is 0 Å². The van der Waals surface area contributed by atoms with Crippen molar-refractivity contribution in [3.05, 3.63) is 0 Å². The molecule has 1 saturated heterocycles. The molecule has 0 saturated carbocycles. The van der Waals surface area contributed by atoms with Gasteiger partial charge < -0.3 is 4.90 Å². The van der Waals surface area contributed by atoms with Gasteiger partial charge in [-0.2, -0.15) is 5.26 Å². The summed E-state index contributed by atoms with van der Waals surface area (Å²) >= 11 is 0. The number of nitriles is 1. The van der Waals surface area contributed by atoms with Gasteiger partial charge in [-0.1, -0.05) is 0 Å². The molecule has 0 aromatic rings. The second kappa shape index (κ2) is 4.06. The molecule has 0 aromatic heterocycles. The molecule has 0 radical (unpaired) electrons. The molecule has 0 N–H and O–H groups in total. The molecule has 0 spiro atoms. The van der Waals surface area contributed by atoms with Gasteiger partial charge in [-0.25, -0.2) is 0 Å². The molecule has 1 aliphatic rings. The summed E-state index contributed by atoms with van der Waals surface area (Å²) in [5.74, 6) is -0.0591. The first-order valence-corrected chi connectivity index (χ1v) is 5.62. The highest BCUT2D eigenvalue weighted by Crippen LogP contribution is 2.24. The van der Waals surface area contributed by atoms with Crippen LogP contribution in [0.25, 0.3) is 0 Å². The van der Waals surface area contributed by atoms with Crippen LogP contribution in [0, 0.1) is 16.7 Å². The lowest BCUT2D eigenvalue weighted by molar-refractivity contribution is -0.142. The third kappa shape index (κ3) is 2.35. The second-order valence-corrected chi connectivity index (χ2v) is 5.70. The zero-order valence-electron chi connectivity index (χ0n) is 10.9. The predicted octanol–water partition coefficient (Wildman–Crippen LogP) is 1.09. The van der Waals surface area contributed by atoms with Gasteiger partial charge in [0.2, 0.25) is 5.91 Å². The van der Waals surface area contributed by atoms with Gasteiger partial charge in [0.05, 0.1) is 6.07 Å². The number of nitrogens with zero attached hydrogens (tertiary/aromatic N) is 3. The van der Waals surface area contributed by atoms with Crippen molar-refractivity contribution in [3.63, 3.8) is 0 Å². The Kier molecular flexibility index (Phi) is 3.30. The Labute approximate surface area is 97.8 Å². The number of hydrogen-bond donors (Lipinski definition) is 0. The third-order valence-corrected chi connectivity index (χ3v) is 3.42. The van der Waals surface area contributed by atoms with Crippen molar-refractivity contribution in [1.82, 2.24) is 9.80 Å². The SMILES string of the molecule is CN1CCN(C(=O)C(C)(C)C#N)CC1(C)C. The van der Waals surface area contributed by atoms with Gasteiger partial charge in [0.15, 0.2) is 0 Å². The van der Waals surface area contributed by atoms with Crippen LogP contribution in [-0.4, -0.2) is 47.9 Å². The summed E-state index contributed by atoms with van der Waals surface area (Å²) in [6.07, 6.45) is 0. The van der Waals surface area contributed by atoms with Gasteiger partial charge >= 0.3 is 0 Å². The van der Waals surface area contributed by atoms with Gasteiger partial charge in [0.25, 0.3) is 0 Å². The van der Waals surface area contributed by atoms with Crippen molar-refractivity contribution in [1.29, 1.82) is 5.26 Å². The van der Waals surface area contributed by atoms with E-state index in [9.17, 15) is 4.79 Å². The minimum Gasteiger partial charge on any atom is -0.338 e. The molecule has 1 rings (SSSR count). The molecule has 0 aromatic carbocycles. The van der Waals surface area contributed by atoms with E-state index < -0.39 is 5.41 Å². The Hall–Kier alpha value is -1.08. The minimum absolute atomic E-state index is 0.0144. The molecule has 16 heavy (non-hydrogen) atoms. The van der Waals surface area contributed by atoms with E-state index in [4.69, 9.17) is 5.26 Å². The van der Waals surface area contributed by atoms with E-state index in [-0.39, 0.29) is 11.4 Å². The number of amides is 1. The summed E-state index contributed by atoms with van der Waals surface area (Å²) in [6.45, 7) is 9.86. The van der Waals surface area contributed by atoms with Crippen LogP contribution in [0.2, 0.25) is 0 Å². The standard InChI is InChI=1S/C12H21N3O/c1-11(2,8-13)10(16)15-7-6-14(5)12(3,4)9-15/h6-7,9H2,1-5H3. The molecule has 4 heteroatoms. The molecule has 0 atom stereocenters. The van der Waals surface area contributed by atoms with Crippen LogP contribution >= 0.6 is 0 Å². The number of likely N-dealkylation sites (N-methyl/N-ethyl adjacent to an activating group) is 1. The number of carbonyl (C=O) groups excluding carboxylic acids is 1. The highest BCUT2D eigenvalue weighted by Gasteiger charge is 2.38. The van der Waals surface area contributed by atoms with Gasteiger partial charge in [-0.3, -0.25) is 9.69 Å². The summed E-state index contributed by atoms with van der Waals surface area (Å²) < 4.78 is 0. The van der Waals surface area contributed by atoms with Crippen LogP contribution in [-0.2, 0) is 4.79 Å². The first-order chi connectivity index (χ1) is 7.20. The summed E-state index contributed by atoms with van der Waals surface area (Å²) in [4.78, 5) is 16.2. The third-order valence-electron chi connectivity index (χ3n) is 3.42. The van der Waals surface area contributed by atoms with Gasteiger partial charge in [0.1, 0.15) is 5.41 Å². The largest absolute Gasteiger partial charge is 0.338 e. The van der Waals surface area contributed by atoms with E-state index in [1.165, 1.54) is 0 Å². The quantitative estimate of drug-likeness (QED) is 0.668. The Balaban J connectivity index is 2.79. The average molecular weight is 223 g/mol. The summed E-state index contributed by atoms with van der Waals surface area (Å²) in [6, 6.07) is 2.07. The van der Waals surface area contributed by atoms with Crippen LogP contribution in [0.1, 0.15) is 27.7 Å². The fourth-order valence-corrected chi connectivity index (χ4v) is 1.86. The predicted molar refractivity (Wildman–Crippen MR) is 62.7 cm³/mol. The van der Waals surface area contributed by atoms with Crippen LogP contribution < -0.4 is 0 Å². The fourth-order valence-electron chi connectivity index (χ4n) is 1.86. The first-order valence-electron chi connectivity index (χ1n) is 5.62. The fraction of sp³-hybridized carbons (Fsp3) is 0.833. The van der Waals surface area contributed by atoms with Crippen molar-refractivity contribution in [2.75, 3.05) is 26.7 Å². The molecular formula is C12H21N3O. The monoisotopic (exact) mass is 223 g/mol.